The lowest BCUT2D eigenvalue weighted by atomic mass is 10.1. The lowest BCUT2D eigenvalue weighted by Crippen LogP contribution is -2.28. The van der Waals surface area contributed by atoms with Crippen LogP contribution in [0.25, 0.3) is 11.0 Å². The van der Waals surface area contributed by atoms with Crippen LogP contribution < -0.4 is 5.69 Å². The van der Waals surface area contributed by atoms with Crippen LogP contribution in [0.2, 0.25) is 0 Å². The molecule has 0 atom stereocenters. The maximum Gasteiger partial charge on any atom is 0.329 e. The molecule has 0 aliphatic heterocycles. The molecule has 3 rings (SSSR count). The molecule has 1 heterocycles. The third-order valence-corrected chi connectivity index (χ3v) is 4.72. The summed E-state index contributed by atoms with van der Waals surface area (Å²) in [5.41, 5.74) is 1.66. The average molecular weight is 431 g/mol. The largest absolute Gasteiger partial charge is 0.456 e. The second-order valence-corrected chi connectivity index (χ2v) is 7.02. The van der Waals surface area contributed by atoms with Gasteiger partial charge in [-0.3, -0.25) is 18.7 Å². The number of hydrogen-bond acceptors (Lipinski definition) is 4. The number of fused-ring (bicyclic) bond motifs is 1. The molecular formula is C20H19BrN2O4. The third-order valence-electron chi connectivity index (χ3n) is 4.19. The Labute approximate surface area is 164 Å². The highest BCUT2D eigenvalue weighted by Crippen LogP contribution is 2.14. The Bertz CT molecular complexity index is 1030. The number of halogens is 1. The summed E-state index contributed by atoms with van der Waals surface area (Å²) in [4.78, 5) is 37.0. The number of carbonyl (C=O) groups excluding carboxylic acids is 2. The fourth-order valence-corrected chi connectivity index (χ4v) is 3.17. The molecule has 0 amide bonds. The fourth-order valence-electron chi connectivity index (χ4n) is 2.90. The molecule has 7 heteroatoms. The smallest absolute Gasteiger partial charge is 0.329 e. The van der Waals surface area contributed by atoms with Gasteiger partial charge in [0.1, 0.15) is 6.54 Å². The van der Waals surface area contributed by atoms with E-state index >= 15 is 0 Å². The van der Waals surface area contributed by atoms with Gasteiger partial charge in [-0.2, -0.15) is 0 Å². The molecule has 0 unspecified atom stereocenters. The van der Waals surface area contributed by atoms with Crippen molar-refractivity contribution in [1.82, 2.24) is 9.13 Å². The van der Waals surface area contributed by atoms with Crippen LogP contribution in [0.15, 0.2) is 57.8 Å². The van der Waals surface area contributed by atoms with E-state index in [1.54, 1.807) is 34.9 Å². The van der Waals surface area contributed by atoms with Gasteiger partial charge in [0.05, 0.1) is 11.0 Å². The predicted octanol–water partition coefficient (Wildman–Crippen LogP) is 3.40. The molecule has 0 spiro atoms. The van der Waals surface area contributed by atoms with Crippen LogP contribution in [0, 0.1) is 0 Å². The number of carbonyl (C=O) groups is 2. The number of para-hydroxylation sites is 2. The van der Waals surface area contributed by atoms with Crippen LogP contribution in [-0.2, 0) is 22.6 Å². The van der Waals surface area contributed by atoms with Crippen LogP contribution in [-0.4, -0.2) is 27.5 Å². The van der Waals surface area contributed by atoms with Crippen LogP contribution >= 0.6 is 15.9 Å². The zero-order valence-electron chi connectivity index (χ0n) is 14.9. The van der Waals surface area contributed by atoms with Crippen molar-refractivity contribution in [3.63, 3.8) is 0 Å². The van der Waals surface area contributed by atoms with Crippen molar-refractivity contribution >= 4 is 38.7 Å². The molecule has 1 aromatic heterocycles. The van der Waals surface area contributed by atoms with Gasteiger partial charge in [0.15, 0.2) is 12.4 Å². The summed E-state index contributed by atoms with van der Waals surface area (Å²) in [5.74, 6) is -0.918. The van der Waals surface area contributed by atoms with E-state index in [1.807, 2.05) is 25.1 Å². The highest BCUT2D eigenvalue weighted by molar-refractivity contribution is 9.10. The number of nitrogens with zero attached hydrogens (tertiary/aromatic N) is 2. The summed E-state index contributed by atoms with van der Waals surface area (Å²) in [6.07, 6.45) is 0.806. The Hall–Kier alpha value is -2.67. The maximum atomic E-state index is 12.7. The molecule has 0 aliphatic carbocycles. The number of ketones is 1. The molecule has 6 nitrogen and oxygen atoms in total. The Kier molecular flexibility index (Phi) is 5.91. The first-order valence-electron chi connectivity index (χ1n) is 8.63. The molecule has 0 aliphatic rings. The summed E-state index contributed by atoms with van der Waals surface area (Å²) < 4.78 is 8.99. The molecule has 0 bridgehead atoms. The topological polar surface area (TPSA) is 70.3 Å². The molecular weight excluding hydrogens is 412 g/mol. The van der Waals surface area contributed by atoms with Crippen LogP contribution in [0.5, 0.6) is 0 Å². The van der Waals surface area contributed by atoms with Gasteiger partial charge in [-0.15, -0.1) is 0 Å². The number of imidazole rings is 1. The van der Waals surface area contributed by atoms with Crippen molar-refractivity contribution in [3.05, 3.63) is 69.1 Å². The molecule has 0 saturated carbocycles. The van der Waals surface area contributed by atoms with Gasteiger partial charge in [0, 0.05) is 16.6 Å². The summed E-state index contributed by atoms with van der Waals surface area (Å²) in [6.45, 7) is 1.97. The first-order chi connectivity index (χ1) is 13.0. The second kappa shape index (κ2) is 8.35. The molecule has 140 valence electrons. The van der Waals surface area contributed by atoms with Crippen molar-refractivity contribution in [2.45, 2.75) is 26.4 Å². The van der Waals surface area contributed by atoms with E-state index in [1.165, 1.54) is 4.57 Å². The number of esters is 1. The Morgan fingerprint density at radius 2 is 1.63 bits per heavy atom. The van der Waals surface area contributed by atoms with Crippen LogP contribution in [0.4, 0.5) is 0 Å². The monoisotopic (exact) mass is 430 g/mol. The SMILES string of the molecule is CCCn1c(=O)n(CC(=O)OCC(=O)c2ccc(Br)cc2)c2ccccc21. The van der Waals surface area contributed by atoms with Gasteiger partial charge in [-0.1, -0.05) is 47.1 Å². The van der Waals surface area contributed by atoms with E-state index in [0.29, 0.717) is 17.6 Å². The van der Waals surface area contributed by atoms with E-state index in [2.05, 4.69) is 15.9 Å². The number of ether oxygens (including phenoxy) is 1. The predicted molar refractivity (Wildman–Crippen MR) is 106 cm³/mol. The molecule has 27 heavy (non-hydrogen) atoms. The highest BCUT2D eigenvalue weighted by atomic mass is 79.9. The molecule has 0 radical (unpaired) electrons. The van der Waals surface area contributed by atoms with E-state index in [0.717, 1.165) is 16.4 Å². The fraction of sp³-hybridized carbons (Fsp3) is 0.250. The molecule has 0 fully saturated rings. The summed E-state index contributed by atoms with van der Waals surface area (Å²) in [7, 11) is 0. The summed E-state index contributed by atoms with van der Waals surface area (Å²) in [6, 6.07) is 14.1. The van der Waals surface area contributed by atoms with Crippen LogP contribution in [0.3, 0.4) is 0 Å². The van der Waals surface area contributed by atoms with E-state index < -0.39 is 5.97 Å². The van der Waals surface area contributed by atoms with Crippen molar-refractivity contribution in [2.75, 3.05) is 6.61 Å². The third kappa shape index (κ3) is 4.19. The Morgan fingerprint density at radius 3 is 2.26 bits per heavy atom. The zero-order valence-corrected chi connectivity index (χ0v) is 16.4. The highest BCUT2D eigenvalue weighted by Gasteiger charge is 2.16. The Morgan fingerprint density at radius 1 is 1.00 bits per heavy atom. The van der Waals surface area contributed by atoms with Crippen molar-refractivity contribution in [1.29, 1.82) is 0 Å². The zero-order chi connectivity index (χ0) is 19.4. The van der Waals surface area contributed by atoms with Gasteiger partial charge in [-0.05, 0) is 30.7 Å². The summed E-state index contributed by atoms with van der Waals surface area (Å²) in [5, 5.41) is 0. The molecule has 0 saturated heterocycles. The normalized spacial score (nSPS) is 10.9. The lowest BCUT2D eigenvalue weighted by molar-refractivity contribution is -0.143. The maximum absolute atomic E-state index is 12.7. The molecule has 2 aromatic carbocycles. The van der Waals surface area contributed by atoms with Crippen molar-refractivity contribution in [2.24, 2.45) is 0 Å². The lowest BCUT2D eigenvalue weighted by Gasteiger charge is -2.06. The van der Waals surface area contributed by atoms with E-state index in [4.69, 9.17) is 4.74 Å². The molecule has 0 N–H and O–H groups in total. The quantitative estimate of drug-likeness (QED) is 0.425. The number of Topliss-reactive ketones (excluding diaryl/α,β-unsaturated/α-hetero) is 1. The van der Waals surface area contributed by atoms with Crippen LogP contribution in [0.1, 0.15) is 23.7 Å². The first kappa shape index (κ1) is 19.1. The minimum atomic E-state index is -0.623. The van der Waals surface area contributed by atoms with E-state index in [-0.39, 0.29) is 24.6 Å². The average Bonchev–Trinajstić information content (AvgIpc) is 2.93. The minimum absolute atomic E-state index is 0.232. The number of hydrogen-bond donors (Lipinski definition) is 0. The van der Waals surface area contributed by atoms with Gasteiger partial charge in [0.2, 0.25) is 0 Å². The van der Waals surface area contributed by atoms with Crippen molar-refractivity contribution < 1.29 is 14.3 Å². The van der Waals surface area contributed by atoms with E-state index in [9.17, 15) is 14.4 Å². The second-order valence-electron chi connectivity index (χ2n) is 6.10. The number of aryl methyl sites for hydroxylation is 1. The first-order valence-corrected chi connectivity index (χ1v) is 9.43. The summed E-state index contributed by atoms with van der Waals surface area (Å²) >= 11 is 3.30. The van der Waals surface area contributed by atoms with Gasteiger partial charge >= 0.3 is 11.7 Å². The van der Waals surface area contributed by atoms with Crippen molar-refractivity contribution in [3.8, 4) is 0 Å². The number of rotatable bonds is 7. The number of aromatic nitrogens is 2. The molecule has 3 aromatic rings. The van der Waals surface area contributed by atoms with Gasteiger partial charge in [0.25, 0.3) is 0 Å². The van der Waals surface area contributed by atoms with Gasteiger partial charge in [-0.25, -0.2) is 4.79 Å². The Balaban J connectivity index is 1.73. The standard InChI is InChI=1S/C20H19BrN2O4/c1-2-11-22-16-5-3-4-6-17(16)23(20(22)26)12-19(25)27-13-18(24)14-7-9-15(21)10-8-14/h3-10H,2,11-13H2,1H3. The van der Waals surface area contributed by atoms with Gasteiger partial charge < -0.3 is 4.74 Å². The minimum Gasteiger partial charge on any atom is -0.456 e. The number of benzene rings is 2.